The summed E-state index contributed by atoms with van der Waals surface area (Å²) in [7, 11) is 0. The first-order valence-corrected chi connectivity index (χ1v) is 6.41. The molecule has 1 aliphatic carbocycles. The molecule has 0 aliphatic heterocycles. The molecule has 0 aromatic heterocycles. The fraction of sp³-hybridized carbons (Fsp3) is 0.385. The van der Waals surface area contributed by atoms with Crippen molar-refractivity contribution < 1.29 is 4.79 Å². The molecule has 1 unspecified atom stereocenters. The van der Waals surface area contributed by atoms with Crippen molar-refractivity contribution in [2.45, 2.75) is 19.8 Å². The summed E-state index contributed by atoms with van der Waals surface area (Å²) in [6.45, 7) is 1.96. The molecule has 0 saturated heterocycles. The molecule has 1 aromatic rings. The summed E-state index contributed by atoms with van der Waals surface area (Å²) in [6.07, 6.45) is 2.31. The number of anilines is 1. The summed E-state index contributed by atoms with van der Waals surface area (Å²) in [5.41, 5.74) is 1.30. The molecule has 1 aromatic carbocycles. The van der Waals surface area contributed by atoms with Crippen LogP contribution in [0.25, 0.3) is 0 Å². The second kappa shape index (κ2) is 4.89. The Hall–Kier alpha value is -1.34. The van der Waals surface area contributed by atoms with Crippen LogP contribution in [0.15, 0.2) is 22.7 Å². The highest BCUT2D eigenvalue weighted by molar-refractivity contribution is 9.10. The predicted molar refractivity (Wildman–Crippen MR) is 69.4 cm³/mol. The van der Waals surface area contributed by atoms with Crippen molar-refractivity contribution in [1.29, 1.82) is 5.26 Å². The molecular weight excluding hydrogens is 280 g/mol. The first kappa shape index (κ1) is 12.1. The van der Waals surface area contributed by atoms with Crippen LogP contribution < -0.4 is 5.32 Å². The summed E-state index contributed by atoms with van der Waals surface area (Å²) in [5, 5.41) is 11.6. The van der Waals surface area contributed by atoms with Crippen LogP contribution in [0.2, 0.25) is 0 Å². The van der Waals surface area contributed by atoms with Crippen molar-refractivity contribution in [2.24, 2.45) is 11.8 Å². The van der Waals surface area contributed by atoms with E-state index in [1.165, 1.54) is 0 Å². The van der Waals surface area contributed by atoms with Gasteiger partial charge in [-0.25, -0.2) is 0 Å². The molecule has 3 nitrogen and oxygen atoms in total. The monoisotopic (exact) mass is 292 g/mol. The van der Waals surface area contributed by atoms with Crippen molar-refractivity contribution in [1.82, 2.24) is 0 Å². The lowest BCUT2D eigenvalue weighted by Crippen LogP contribution is -2.22. The minimum atomic E-state index is 0.0536. The second-order valence-corrected chi connectivity index (χ2v) is 5.28. The van der Waals surface area contributed by atoms with Crippen molar-refractivity contribution >= 4 is 27.5 Å². The number of rotatable bonds is 3. The number of nitrogens with zero attached hydrogens (tertiary/aromatic N) is 1. The second-order valence-electron chi connectivity index (χ2n) is 4.42. The minimum absolute atomic E-state index is 0.0536. The molecule has 88 valence electrons. The van der Waals surface area contributed by atoms with E-state index in [0.29, 0.717) is 11.5 Å². The Balaban J connectivity index is 2.08. The van der Waals surface area contributed by atoms with Crippen LogP contribution in [0.5, 0.6) is 0 Å². The molecule has 0 bridgehead atoms. The zero-order valence-corrected chi connectivity index (χ0v) is 11.1. The average molecular weight is 293 g/mol. The van der Waals surface area contributed by atoms with Gasteiger partial charge in [0, 0.05) is 10.4 Å². The van der Waals surface area contributed by atoms with Gasteiger partial charge < -0.3 is 5.32 Å². The fourth-order valence-electron chi connectivity index (χ4n) is 1.74. The van der Waals surface area contributed by atoms with Gasteiger partial charge in [-0.05, 0) is 52.9 Å². The average Bonchev–Trinajstić information content (AvgIpc) is 3.14. The lowest BCUT2D eigenvalue weighted by atomic mass is 10.1. The first-order chi connectivity index (χ1) is 8.11. The zero-order valence-electron chi connectivity index (χ0n) is 9.53. The van der Waals surface area contributed by atoms with Crippen LogP contribution in [0.1, 0.15) is 25.3 Å². The molecule has 17 heavy (non-hydrogen) atoms. The summed E-state index contributed by atoms with van der Waals surface area (Å²) in [6, 6.07) is 7.21. The number of nitriles is 1. The van der Waals surface area contributed by atoms with Gasteiger partial charge in [0.05, 0.1) is 17.3 Å². The summed E-state index contributed by atoms with van der Waals surface area (Å²) >= 11 is 3.35. The van der Waals surface area contributed by atoms with Crippen molar-refractivity contribution in [3.05, 3.63) is 28.2 Å². The smallest absolute Gasteiger partial charge is 0.227 e. The Morgan fingerprint density at radius 3 is 2.82 bits per heavy atom. The van der Waals surface area contributed by atoms with Crippen LogP contribution in [0.3, 0.4) is 0 Å². The molecule has 1 amide bonds. The number of hydrogen-bond acceptors (Lipinski definition) is 2. The van der Waals surface area contributed by atoms with Crippen LogP contribution in [-0.4, -0.2) is 5.91 Å². The van der Waals surface area contributed by atoms with E-state index in [-0.39, 0.29) is 11.8 Å². The first-order valence-electron chi connectivity index (χ1n) is 5.62. The van der Waals surface area contributed by atoms with E-state index < -0.39 is 0 Å². The van der Waals surface area contributed by atoms with Gasteiger partial charge in [-0.3, -0.25) is 4.79 Å². The quantitative estimate of drug-likeness (QED) is 0.929. The molecule has 1 aliphatic rings. The van der Waals surface area contributed by atoms with Gasteiger partial charge >= 0.3 is 0 Å². The van der Waals surface area contributed by atoms with E-state index in [0.717, 1.165) is 23.0 Å². The van der Waals surface area contributed by atoms with Gasteiger partial charge in [-0.1, -0.05) is 6.92 Å². The van der Waals surface area contributed by atoms with Gasteiger partial charge in [0.2, 0.25) is 5.91 Å². The molecule has 4 heteroatoms. The molecule has 2 rings (SSSR count). The number of nitrogens with one attached hydrogen (secondary N) is 1. The Bertz CT molecular complexity index is 489. The molecule has 1 atom stereocenters. The number of halogens is 1. The third-order valence-corrected chi connectivity index (χ3v) is 3.75. The number of carbonyl (C=O) groups is 1. The highest BCUT2D eigenvalue weighted by atomic mass is 79.9. The Morgan fingerprint density at radius 1 is 1.59 bits per heavy atom. The van der Waals surface area contributed by atoms with E-state index in [2.05, 4.69) is 27.3 Å². The molecule has 0 heterocycles. The normalized spacial score (nSPS) is 16.1. The highest BCUT2D eigenvalue weighted by Crippen LogP contribution is 2.37. The zero-order chi connectivity index (χ0) is 12.4. The highest BCUT2D eigenvalue weighted by Gasteiger charge is 2.32. The van der Waals surface area contributed by atoms with Crippen LogP contribution >= 0.6 is 15.9 Å². The van der Waals surface area contributed by atoms with Crippen molar-refractivity contribution in [3.63, 3.8) is 0 Å². The Kier molecular flexibility index (Phi) is 3.49. The van der Waals surface area contributed by atoms with E-state index in [1.54, 1.807) is 18.2 Å². The Labute approximate surface area is 109 Å². The summed E-state index contributed by atoms with van der Waals surface area (Å²) < 4.78 is 0.743. The maximum Gasteiger partial charge on any atom is 0.227 e. The topological polar surface area (TPSA) is 52.9 Å². The number of benzene rings is 1. The maximum absolute atomic E-state index is 11.9. The van der Waals surface area contributed by atoms with E-state index in [1.807, 2.05) is 6.92 Å². The largest absolute Gasteiger partial charge is 0.325 e. The standard InChI is InChI=1S/C13H13BrN2O/c1-8(10-3-4-10)13(17)16-12-5-2-9(7-15)6-11(12)14/h2,5-6,8,10H,3-4H2,1H3,(H,16,17). The van der Waals surface area contributed by atoms with Gasteiger partial charge in [-0.2, -0.15) is 5.26 Å². The van der Waals surface area contributed by atoms with E-state index in [4.69, 9.17) is 5.26 Å². The fourth-order valence-corrected chi connectivity index (χ4v) is 2.22. The number of amides is 1. The van der Waals surface area contributed by atoms with Crippen LogP contribution in [0, 0.1) is 23.2 Å². The number of hydrogen-bond donors (Lipinski definition) is 1. The van der Waals surface area contributed by atoms with Gasteiger partial charge in [0.1, 0.15) is 0 Å². The maximum atomic E-state index is 11.9. The molecule has 1 fully saturated rings. The van der Waals surface area contributed by atoms with Crippen molar-refractivity contribution in [3.8, 4) is 6.07 Å². The van der Waals surface area contributed by atoms with Gasteiger partial charge in [0.25, 0.3) is 0 Å². The molecule has 0 spiro atoms. The Morgan fingerprint density at radius 2 is 2.29 bits per heavy atom. The lowest BCUT2D eigenvalue weighted by Gasteiger charge is -2.12. The third-order valence-electron chi connectivity index (χ3n) is 3.10. The minimum Gasteiger partial charge on any atom is -0.325 e. The van der Waals surface area contributed by atoms with Crippen LogP contribution in [-0.2, 0) is 4.79 Å². The van der Waals surface area contributed by atoms with Crippen LogP contribution in [0.4, 0.5) is 5.69 Å². The van der Waals surface area contributed by atoms with E-state index in [9.17, 15) is 4.79 Å². The predicted octanol–water partition coefficient (Wildman–Crippen LogP) is 3.31. The third kappa shape index (κ3) is 2.86. The SMILES string of the molecule is CC(C(=O)Nc1ccc(C#N)cc1Br)C1CC1. The summed E-state index contributed by atoms with van der Waals surface area (Å²) in [4.78, 5) is 11.9. The molecule has 1 N–H and O–H groups in total. The molecule has 1 saturated carbocycles. The molecule has 0 radical (unpaired) electrons. The van der Waals surface area contributed by atoms with E-state index >= 15 is 0 Å². The van der Waals surface area contributed by atoms with Gasteiger partial charge in [0.15, 0.2) is 0 Å². The number of carbonyl (C=O) groups excluding carboxylic acids is 1. The summed E-state index contributed by atoms with van der Waals surface area (Å²) in [5.74, 6) is 0.669. The molecular formula is C13H13BrN2O. The van der Waals surface area contributed by atoms with Crippen molar-refractivity contribution in [2.75, 3.05) is 5.32 Å². The lowest BCUT2D eigenvalue weighted by molar-refractivity contribution is -0.119. The van der Waals surface area contributed by atoms with Gasteiger partial charge in [-0.15, -0.1) is 0 Å².